The van der Waals surface area contributed by atoms with E-state index in [9.17, 15) is 19.2 Å². The number of methoxy groups -OCH3 is 1. The van der Waals surface area contributed by atoms with Crippen LogP contribution in [0.4, 0.5) is 0 Å². The molecule has 0 bridgehead atoms. The van der Waals surface area contributed by atoms with Crippen LogP contribution in [0.2, 0.25) is 0 Å². The maximum atomic E-state index is 13.3. The number of rotatable bonds is 9. The van der Waals surface area contributed by atoms with E-state index in [4.69, 9.17) is 4.74 Å². The lowest BCUT2D eigenvalue weighted by Gasteiger charge is -2.16. The van der Waals surface area contributed by atoms with Crippen LogP contribution in [0.15, 0.2) is 28.2 Å². The number of carbonyl (C=O) groups is 3. The van der Waals surface area contributed by atoms with Crippen molar-refractivity contribution >= 4 is 40.3 Å². The van der Waals surface area contributed by atoms with Crippen molar-refractivity contribution in [2.75, 3.05) is 19.5 Å². The van der Waals surface area contributed by atoms with E-state index in [1.165, 1.54) is 11.7 Å². The van der Waals surface area contributed by atoms with Gasteiger partial charge in [-0.2, -0.15) is 0 Å². The van der Waals surface area contributed by atoms with E-state index >= 15 is 0 Å². The first kappa shape index (κ1) is 23.9. The van der Waals surface area contributed by atoms with Crippen LogP contribution < -0.4 is 10.9 Å². The average Bonchev–Trinajstić information content (AvgIpc) is 3.26. The normalized spacial score (nSPS) is 15.8. The van der Waals surface area contributed by atoms with Crippen LogP contribution in [0.25, 0.3) is 10.9 Å². The summed E-state index contributed by atoms with van der Waals surface area (Å²) in [6, 6.07) is 4.75. The lowest BCUT2D eigenvalue weighted by atomic mass is 10.1. The standard InChI is InChI=1S/C22H27N3O6S/c1-13(2)23-20(28)14-6-7-17-18(9-14)24-22(32-12-15(26)10-19(27)30-3)25(21(17)29)11-16-5-4-8-31-16/h6-7,9,13,16H,4-5,8,10-12H2,1-3H3,(H,23,28)/t16-/m1/s1. The first-order valence-electron chi connectivity index (χ1n) is 10.5. The van der Waals surface area contributed by atoms with Gasteiger partial charge in [0, 0.05) is 18.2 Å². The van der Waals surface area contributed by atoms with Gasteiger partial charge in [0.25, 0.3) is 11.5 Å². The second-order valence-electron chi connectivity index (χ2n) is 7.89. The summed E-state index contributed by atoms with van der Waals surface area (Å²) in [5.74, 6) is -1.23. The minimum Gasteiger partial charge on any atom is -0.469 e. The number of hydrogen-bond donors (Lipinski definition) is 1. The quantitative estimate of drug-likeness (QED) is 0.261. The molecule has 172 valence electrons. The van der Waals surface area contributed by atoms with Crippen molar-refractivity contribution in [3.05, 3.63) is 34.1 Å². The maximum Gasteiger partial charge on any atom is 0.313 e. The number of Topliss-reactive ketones (excluding diaryl/α,β-unsaturated/α-hetero) is 1. The van der Waals surface area contributed by atoms with Gasteiger partial charge in [-0.15, -0.1) is 0 Å². The number of esters is 1. The monoisotopic (exact) mass is 461 g/mol. The number of carbonyl (C=O) groups excluding carboxylic acids is 3. The van der Waals surface area contributed by atoms with Gasteiger partial charge in [0.15, 0.2) is 10.9 Å². The van der Waals surface area contributed by atoms with E-state index < -0.39 is 5.97 Å². The van der Waals surface area contributed by atoms with Crippen molar-refractivity contribution in [2.45, 2.75) is 57.0 Å². The molecule has 0 saturated carbocycles. The summed E-state index contributed by atoms with van der Waals surface area (Å²) in [6.45, 7) is 4.70. The zero-order chi connectivity index (χ0) is 23.3. The summed E-state index contributed by atoms with van der Waals surface area (Å²) in [7, 11) is 1.22. The number of aromatic nitrogens is 2. The van der Waals surface area contributed by atoms with Crippen LogP contribution >= 0.6 is 11.8 Å². The Morgan fingerprint density at radius 3 is 2.78 bits per heavy atom. The van der Waals surface area contributed by atoms with Crippen molar-refractivity contribution < 1.29 is 23.9 Å². The summed E-state index contributed by atoms with van der Waals surface area (Å²) < 4.78 is 11.7. The third-order valence-electron chi connectivity index (χ3n) is 4.94. The maximum absolute atomic E-state index is 13.3. The van der Waals surface area contributed by atoms with Crippen molar-refractivity contribution in [3.8, 4) is 0 Å². The average molecular weight is 462 g/mol. The van der Waals surface area contributed by atoms with Gasteiger partial charge in [-0.05, 0) is 44.9 Å². The molecular formula is C22H27N3O6S. The van der Waals surface area contributed by atoms with Crippen LogP contribution in [-0.2, 0) is 25.6 Å². The fourth-order valence-corrected chi connectivity index (χ4v) is 4.25. The Balaban J connectivity index is 1.95. The van der Waals surface area contributed by atoms with E-state index in [1.54, 1.807) is 18.2 Å². The third kappa shape index (κ3) is 5.95. The molecule has 1 fully saturated rings. The Hall–Kier alpha value is -2.72. The molecule has 2 heterocycles. The highest BCUT2D eigenvalue weighted by atomic mass is 32.2. The molecule has 0 unspecified atom stereocenters. The summed E-state index contributed by atoms with van der Waals surface area (Å²) >= 11 is 1.08. The van der Waals surface area contributed by atoms with Crippen molar-refractivity contribution in [3.63, 3.8) is 0 Å². The highest BCUT2D eigenvalue weighted by Crippen LogP contribution is 2.22. The summed E-state index contributed by atoms with van der Waals surface area (Å²) in [4.78, 5) is 53.7. The van der Waals surface area contributed by atoms with Crippen LogP contribution in [0.3, 0.4) is 0 Å². The first-order valence-corrected chi connectivity index (χ1v) is 11.5. The van der Waals surface area contributed by atoms with Gasteiger partial charge >= 0.3 is 5.97 Å². The molecular weight excluding hydrogens is 434 g/mol. The molecule has 0 radical (unpaired) electrons. The molecule has 1 N–H and O–H groups in total. The van der Waals surface area contributed by atoms with Crippen LogP contribution in [-0.4, -0.2) is 58.8 Å². The summed E-state index contributed by atoms with van der Waals surface area (Å²) in [5, 5.41) is 3.54. The van der Waals surface area contributed by atoms with Crippen LogP contribution in [0.5, 0.6) is 0 Å². The lowest BCUT2D eigenvalue weighted by molar-refractivity contribution is -0.142. The van der Waals surface area contributed by atoms with E-state index in [-0.39, 0.29) is 41.6 Å². The van der Waals surface area contributed by atoms with Crippen LogP contribution in [0.1, 0.15) is 43.5 Å². The molecule has 3 rings (SSSR count). The molecule has 1 amide bonds. The van der Waals surface area contributed by atoms with E-state index in [2.05, 4.69) is 15.0 Å². The second-order valence-corrected chi connectivity index (χ2v) is 8.83. The van der Waals surface area contributed by atoms with Crippen molar-refractivity contribution in [1.29, 1.82) is 0 Å². The largest absolute Gasteiger partial charge is 0.469 e. The van der Waals surface area contributed by atoms with Crippen molar-refractivity contribution in [2.24, 2.45) is 0 Å². The number of fused-ring (bicyclic) bond motifs is 1. The number of nitrogens with one attached hydrogen (secondary N) is 1. The summed E-state index contributed by atoms with van der Waals surface area (Å²) in [5.41, 5.74) is 0.509. The number of ether oxygens (including phenoxy) is 2. The van der Waals surface area contributed by atoms with E-state index in [0.717, 1.165) is 24.6 Å². The molecule has 1 aromatic carbocycles. The fourth-order valence-electron chi connectivity index (χ4n) is 3.38. The smallest absolute Gasteiger partial charge is 0.313 e. The minimum atomic E-state index is -0.611. The number of benzene rings is 1. The molecule has 2 aromatic rings. The number of hydrogen-bond acceptors (Lipinski definition) is 8. The third-order valence-corrected chi connectivity index (χ3v) is 5.98. The van der Waals surface area contributed by atoms with Crippen molar-refractivity contribution in [1.82, 2.24) is 14.9 Å². The van der Waals surface area contributed by atoms with Crippen LogP contribution in [0, 0.1) is 0 Å². The van der Waals surface area contributed by atoms with Gasteiger partial charge < -0.3 is 14.8 Å². The topological polar surface area (TPSA) is 117 Å². The molecule has 0 spiro atoms. The first-order chi connectivity index (χ1) is 15.3. The molecule has 1 atom stereocenters. The number of ketones is 1. The van der Waals surface area contributed by atoms with E-state index in [1.807, 2.05) is 13.8 Å². The van der Waals surface area contributed by atoms with Gasteiger partial charge in [-0.25, -0.2) is 4.98 Å². The van der Waals surface area contributed by atoms with E-state index in [0.29, 0.717) is 34.8 Å². The Morgan fingerprint density at radius 2 is 2.12 bits per heavy atom. The second kappa shape index (κ2) is 10.7. The minimum absolute atomic E-state index is 0.0301. The van der Waals surface area contributed by atoms with Gasteiger partial charge in [-0.3, -0.25) is 23.7 Å². The number of amides is 1. The molecule has 1 aliphatic rings. The molecule has 32 heavy (non-hydrogen) atoms. The SMILES string of the molecule is COC(=O)CC(=O)CSc1nc2cc(C(=O)NC(C)C)ccc2c(=O)n1C[C@H]1CCCO1. The Bertz CT molecular complexity index is 1080. The molecule has 9 nitrogen and oxygen atoms in total. The fraction of sp³-hybridized carbons (Fsp3) is 0.500. The van der Waals surface area contributed by atoms with Gasteiger partial charge in [0.2, 0.25) is 0 Å². The van der Waals surface area contributed by atoms with Gasteiger partial charge in [-0.1, -0.05) is 11.8 Å². The predicted octanol–water partition coefficient (Wildman–Crippen LogP) is 1.94. The molecule has 10 heteroatoms. The molecule has 1 saturated heterocycles. The number of nitrogens with zero attached hydrogens (tertiary/aromatic N) is 2. The predicted molar refractivity (Wildman–Crippen MR) is 120 cm³/mol. The Kier molecular flexibility index (Phi) is 8.03. The Labute approximate surface area is 189 Å². The molecule has 1 aromatic heterocycles. The van der Waals surface area contributed by atoms with Gasteiger partial charge in [0.1, 0.15) is 6.42 Å². The zero-order valence-corrected chi connectivity index (χ0v) is 19.2. The molecule has 0 aliphatic carbocycles. The zero-order valence-electron chi connectivity index (χ0n) is 18.4. The van der Waals surface area contributed by atoms with Gasteiger partial charge in [0.05, 0.1) is 36.4 Å². The highest BCUT2D eigenvalue weighted by Gasteiger charge is 2.22. The lowest BCUT2D eigenvalue weighted by Crippen LogP contribution is -2.31. The molecule has 1 aliphatic heterocycles. The summed E-state index contributed by atoms with van der Waals surface area (Å²) in [6.07, 6.45) is 1.32. The Morgan fingerprint density at radius 1 is 1.34 bits per heavy atom. The number of thioether (sulfide) groups is 1. The highest BCUT2D eigenvalue weighted by molar-refractivity contribution is 7.99.